The van der Waals surface area contributed by atoms with Gasteiger partial charge in [0.25, 0.3) is 0 Å². The number of benzene rings is 1. The number of nitrogens with zero attached hydrogens (tertiary/aromatic N) is 3. The van der Waals surface area contributed by atoms with Crippen LogP contribution >= 0.6 is 12.2 Å². The third-order valence-electron chi connectivity index (χ3n) is 6.94. The summed E-state index contributed by atoms with van der Waals surface area (Å²) in [6.45, 7) is 0. The van der Waals surface area contributed by atoms with E-state index in [1.165, 1.54) is 44.9 Å². The third-order valence-corrected chi connectivity index (χ3v) is 7.84. The van der Waals surface area contributed by atoms with Crippen LogP contribution in [0.1, 0.15) is 61.6 Å². The molecule has 2 aliphatic rings. The highest BCUT2D eigenvalue weighted by atomic mass is 32.2. The minimum atomic E-state index is -3.45. The summed E-state index contributed by atoms with van der Waals surface area (Å²) >= 11 is 5.88. The SMILES string of the molecule is COc1cc(N2C(=S)N[C@H](c3ccccn3)[C@H]2c2cccn2C2CCCCC2)ccc1NS(C)(=O)=O. The second kappa shape index (κ2) is 10.1. The van der Waals surface area contributed by atoms with E-state index in [2.05, 4.69) is 42.8 Å². The van der Waals surface area contributed by atoms with Crippen LogP contribution in [0.2, 0.25) is 0 Å². The molecule has 1 saturated carbocycles. The largest absolute Gasteiger partial charge is 0.494 e. The van der Waals surface area contributed by atoms with Crippen molar-refractivity contribution in [1.82, 2.24) is 14.9 Å². The Labute approximate surface area is 217 Å². The van der Waals surface area contributed by atoms with Crippen molar-refractivity contribution >= 4 is 38.7 Å². The average Bonchev–Trinajstić information content (AvgIpc) is 3.49. The van der Waals surface area contributed by atoms with Crippen molar-refractivity contribution in [3.63, 3.8) is 0 Å². The van der Waals surface area contributed by atoms with Crippen LogP contribution in [0.3, 0.4) is 0 Å². The van der Waals surface area contributed by atoms with Crippen LogP contribution in [-0.4, -0.2) is 36.4 Å². The van der Waals surface area contributed by atoms with Crippen molar-refractivity contribution in [2.75, 3.05) is 23.0 Å². The molecule has 10 heteroatoms. The molecule has 190 valence electrons. The van der Waals surface area contributed by atoms with Gasteiger partial charge < -0.3 is 19.5 Å². The van der Waals surface area contributed by atoms with Gasteiger partial charge in [-0.3, -0.25) is 9.71 Å². The Morgan fingerprint density at radius 3 is 2.61 bits per heavy atom. The highest BCUT2D eigenvalue weighted by molar-refractivity contribution is 7.92. The van der Waals surface area contributed by atoms with E-state index in [9.17, 15) is 8.42 Å². The van der Waals surface area contributed by atoms with Gasteiger partial charge in [-0.1, -0.05) is 25.3 Å². The van der Waals surface area contributed by atoms with Crippen molar-refractivity contribution < 1.29 is 13.2 Å². The number of hydrogen-bond donors (Lipinski definition) is 2. The molecule has 1 aliphatic heterocycles. The molecule has 5 rings (SSSR count). The van der Waals surface area contributed by atoms with E-state index in [0.29, 0.717) is 22.6 Å². The van der Waals surface area contributed by atoms with Gasteiger partial charge in [-0.15, -0.1) is 0 Å². The zero-order chi connectivity index (χ0) is 25.3. The molecule has 1 aromatic carbocycles. The number of ether oxygens (including phenoxy) is 1. The molecule has 2 fully saturated rings. The van der Waals surface area contributed by atoms with E-state index in [4.69, 9.17) is 17.0 Å². The Balaban J connectivity index is 1.60. The number of sulfonamides is 1. The van der Waals surface area contributed by atoms with Crippen molar-refractivity contribution in [3.05, 3.63) is 72.3 Å². The van der Waals surface area contributed by atoms with Gasteiger partial charge in [0.15, 0.2) is 5.11 Å². The van der Waals surface area contributed by atoms with E-state index in [0.717, 1.165) is 17.6 Å². The van der Waals surface area contributed by atoms with Gasteiger partial charge >= 0.3 is 0 Å². The molecule has 0 spiro atoms. The number of rotatable bonds is 7. The minimum Gasteiger partial charge on any atom is -0.494 e. The predicted octanol–water partition coefficient (Wildman–Crippen LogP) is 4.95. The van der Waals surface area contributed by atoms with Gasteiger partial charge in [0.2, 0.25) is 10.0 Å². The van der Waals surface area contributed by atoms with Crippen LogP contribution in [0.5, 0.6) is 5.75 Å². The first kappa shape index (κ1) is 24.6. The number of hydrogen-bond acceptors (Lipinski definition) is 5. The fourth-order valence-corrected chi connectivity index (χ4v) is 6.31. The smallest absolute Gasteiger partial charge is 0.229 e. The maximum atomic E-state index is 11.8. The van der Waals surface area contributed by atoms with Crippen molar-refractivity contribution in [1.29, 1.82) is 0 Å². The zero-order valence-electron chi connectivity index (χ0n) is 20.4. The summed E-state index contributed by atoms with van der Waals surface area (Å²) in [7, 11) is -1.93. The average molecular weight is 526 g/mol. The fourth-order valence-electron chi connectivity index (χ4n) is 5.40. The Morgan fingerprint density at radius 2 is 1.92 bits per heavy atom. The number of thiocarbonyl (C=S) groups is 1. The lowest BCUT2D eigenvalue weighted by Gasteiger charge is -2.32. The van der Waals surface area contributed by atoms with Gasteiger partial charge in [-0.25, -0.2) is 8.42 Å². The van der Waals surface area contributed by atoms with E-state index in [-0.39, 0.29) is 12.1 Å². The van der Waals surface area contributed by atoms with Crippen molar-refractivity contribution in [3.8, 4) is 5.75 Å². The number of pyridine rings is 1. The van der Waals surface area contributed by atoms with Gasteiger partial charge in [0.1, 0.15) is 11.8 Å². The molecule has 0 bridgehead atoms. The molecule has 2 aromatic heterocycles. The third kappa shape index (κ3) is 4.92. The molecule has 0 radical (unpaired) electrons. The van der Waals surface area contributed by atoms with Gasteiger partial charge in [-0.2, -0.15) is 0 Å². The summed E-state index contributed by atoms with van der Waals surface area (Å²) in [5.41, 5.74) is 3.27. The summed E-state index contributed by atoms with van der Waals surface area (Å²) < 4.78 is 34.2. The number of aromatic nitrogens is 2. The molecule has 1 aliphatic carbocycles. The second-order valence-electron chi connectivity index (χ2n) is 9.39. The van der Waals surface area contributed by atoms with Crippen molar-refractivity contribution in [2.24, 2.45) is 0 Å². The summed E-state index contributed by atoms with van der Waals surface area (Å²) in [4.78, 5) is 6.75. The van der Waals surface area contributed by atoms with Crippen LogP contribution in [-0.2, 0) is 10.0 Å². The lowest BCUT2D eigenvalue weighted by Crippen LogP contribution is -2.31. The van der Waals surface area contributed by atoms with Crippen LogP contribution in [0.25, 0.3) is 0 Å². The highest BCUT2D eigenvalue weighted by Gasteiger charge is 2.42. The quantitative estimate of drug-likeness (QED) is 0.422. The first-order valence-electron chi connectivity index (χ1n) is 12.2. The van der Waals surface area contributed by atoms with Crippen molar-refractivity contribution in [2.45, 2.75) is 50.2 Å². The normalized spacial score (nSPS) is 20.8. The monoisotopic (exact) mass is 525 g/mol. The Bertz CT molecular complexity index is 1340. The molecule has 0 unspecified atom stereocenters. The molecule has 8 nitrogen and oxygen atoms in total. The molecular formula is C26H31N5O3S2. The van der Waals surface area contributed by atoms with Crippen LogP contribution in [0.4, 0.5) is 11.4 Å². The minimum absolute atomic E-state index is 0.150. The predicted molar refractivity (Wildman–Crippen MR) is 146 cm³/mol. The first-order valence-corrected chi connectivity index (χ1v) is 14.5. The van der Waals surface area contributed by atoms with Gasteiger partial charge in [-0.05, 0) is 61.5 Å². The van der Waals surface area contributed by atoms with E-state index in [1.807, 2.05) is 30.3 Å². The standard InChI is InChI=1S/C26H31N5O3S2/c1-34-23-17-19(13-14-20(23)29-36(2,32)33)31-25(24(28-26(31)35)21-11-6-7-15-27-21)22-12-8-16-30(22)18-9-4-3-5-10-18/h6-8,11-18,24-25,29H,3-5,9-10H2,1-2H3,(H,28,35)/t24-,25-/m1/s1. The lowest BCUT2D eigenvalue weighted by atomic mass is 9.94. The molecule has 2 N–H and O–H groups in total. The summed E-state index contributed by atoms with van der Waals surface area (Å²) in [6, 6.07) is 15.8. The Morgan fingerprint density at radius 1 is 1.11 bits per heavy atom. The van der Waals surface area contributed by atoms with E-state index < -0.39 is 10.0 Å². The molecule has 0 amide bonds. The fraction of sp³-hybridized carbons (Fsp3) is 0.385. The molecule has 36 heavy (non-hydrogen) atoms. The number of anilines is 2. The maximum Gasteiger partial charge on any atom is 0.229 e. The maximum absolute atomic E-state index is 11.8. The first-order chi connectivity index (χ1) is 17.4. The lowest BCUT2D eigenvalue weighted by molar-refractivity contribution is 0.340. The molecular weight excluding hydrogens is 494 g/mol. The Hall–Kier alpha value is -3.11. The topological polar surface area (TPSA) is 88.5 Å². The number of nitrogens with one attached hydrogen (secondary N) is 2. The van der Waals surface area contributed by atoms with E-state index >= 15 is 0 Å². The van der Waals surface area contributed by atoms with Crippen LogP contribution < -0.4 is 19.7 Å². The van der Waals surface area contributed by atoms with Gasteiger partial charge in [0, 0.05) is 35.9 Å². The Kier molecular flexibility index (Phi) is 6.90. The summed E-state index contributed by atoms with van der Waals surface area (Å²) in [5, 5.41) is 4.09. The number of methoxy groups -OCH3 is 1. The van der Waals surface area contributed by atoms with Gasteiger partial charge in [0.05, 0.1) is 30.8 Å². The molecule has 3 aromatic rings. The van der Waals surface area contributed by atoms with Crippen LogP contribution in [0, 0.1) is 0 Å². The molecule has 1 saturated heterocycles. The molecule has 3 heterocycles. The second-order valence-corrected chi connectivity index (χ2v) is 11.5. The van der Waals surface area contributed by atoms with Crippen LogP contribution in [0.15, 0.2) is 60.9 Å². The highest BCUT2D eigenvalue weighted by Crippen LogP contribution is 2.44. The zero-order valence-corrected chi connectivity index (χ0v) is 22.1. The summed E-state index contributed by atoms with van der Waals surface area (Å²) in [5.74, 6) is 0.420. The molecule has 2 atom stereocenters. The summed E-state index contributed by atoms with van der Waals surface area (Å²) in [6.07, 6.45) is 11.2. The van der Waals surface area contributed by atoms with E-state index in [1.54, 1.807) is 12.3 Å².